The van der Waals surface area contributed by atoms with E-state index in [0.29, 0.717) is 12.3 Å². The van der Waals surface area contributed by atoms with Crippen LogP contribution in [0.1, 0.15) is 6.92 Å². The Morgan fingerprint density at radius 1 is 1.37 bits per heavy atom. The van der Waals surface area contributed by atoms with E-state index in [1.165, 1.54) is 6.92 Å². The van der Waals surface area contributed by atoms with E-state index in [1.54, 1.807) is 13.2 Å². The van der Waals surface area contributed by atoms with Crippen LogP contribution in [0.3, 0.4) is 0 Å². The maximum atomic E-state index is 11.3. The van der Waals surface area contributed by atoms with Gasteiger partial charge in [-0.25, -0.2) is 0 Å². The van der Waals surface area contributed by atoms with Gasteiger partial charge in [-0.2, -0.15) is 0 Å². The molecule has 19 heavy (non-hydrogen) atoms. The van der Waals surface area contributed by atoms with E-state index in [-0.39, 0.29) is 6.61 Å². The molecule has 0 heterocycles. The van der Waals surface area contributed by atoms with Gasteiger partial charge in [-0.05, 0) is 19.1 Å². The number of carbonyl (C=O) groups excluding carboxylic acids is 1. The summed E-state index contributed by atoms with van der Waals surface area (Å²) < 4.78 is 9.98. The van der Waals surface area contributed by atoms with E-state index in [9.17, 15) is 9.59 Å². The molecule has 0 bridgehead atoms. The van der Waals surface area contributed by atoms with Crippen molar-refractivity contribution in [3.05, 3.63) is 24.3 Å². The molecule has 1 atom stereocenters. The summed E-state index contributed by atoms with van der Waals surface area (Å²) in [5.41, 5.74) is 0.785. The molecule has 0 aliphatic heterocycles. The molecule has 1 aromatic carbocycles. The number of para-hydroxylation sites is 2. The van der Waals surface area contributed by atoms with Crippen LogP contribution >= 0.6 is 0 Å². The molecule has 0 fully saturated rings. The Kier molecular flexibility index (Phi) is 5.66. The second-order valence-electron chi connectivity index (χ2n) is 3.85. The summed E-state index contributed by atoms with van der Waals surface area (Å²) in [6.45, 7) is 1.76. The molecule has 0 aliphatic rings. The molecule has 6 heteroatoms. The van der Waals surface area contributed by atoms with E-state index in [0.717, 1.165) is 5.69 Å². The van der Waals surface area contributed by atoms with E-state index in [2.05, 4.69) is 5.32 Å². The molecule has 0 radical (unpaired) electrons. The van der Waals surface area contributed by atoms with Gasteiger partial charge in [0.15, 0.2) is 5.92 Å². The molecule has 2 N–H and O–H groups in total. The smallest absolute Gasteiger partial charge is 0.320 e. The van der Waals surface area contributed by atoms with E-state index >= 15 is 0 Å². The number of esters is 1. The Morgan fingerprint density at radius 2 is 2.05 bits per heavy atom. The van der Waals surface area contributed by atoms with Crippen LogP contribution in [0.15, 0.2) is 24.3 Å². The number of benzene rings is 1. The molecule has 6 nitrogen and oxygen atoms in total. The van der Waals surface area contributed by atoms with E-state index < -0.39 is 17.9 Å². The van der Waals surface area contributed by atoms with Gasteiger partial charge >= 0.3 is 11.9 Å². The fraction of sp³-hybridized carbons (Fsp3) is 0.385. The normalized spacial score (nSPS) is 11.5. The van der Waals surface area contributed by atoms with Crippen molar-refractivity contribution >= 4 is 17.6 Å². The molecular formula is C13H17NO5. The number of aliphatic carboxylic acids is 1. The van der Waals surface area contributed by atoms with E-state index in [4.69, 9.17) is 14.6 Å². The predicted octanol–water partition coefficient (Wildman–Crippen LogP) is 1.37. The van der Waals surface area contributed by atoms with Gasteiger partial charge in [0.1, 0.15) is 12.4 Å². The molecular weight excluding hydrogens is 250 g/mol. The number of anilines is 1. The highest BCUT2D eigenvalue weighted by atomic mass is 16.5. The van der Waals surface area contributed by atoms with Crippen LogP contribution in [-0.2, 0) is 14.3 Å². The van der Waals surface area contributed by atoms with Gasteiger partial charge in [-0.1, -0.05) is 12.1 Å². The first-order chi connectivity index (χ1) is 9.06. The van der Waals surface area contributed by atoms with Gasteiger partial charge in [0, 0.05) is 6.54 Å². The van der Waals surface area contributed by atoms with Crippen LogP contribution in [0.2, 0.25) is 0 Å². The van der Waals surface area contributed by atoms with Crippen molar-refractivity contribution in [3.8, 4) is 5.75 Å². The van der Waals surface area contributed by atoms with Gasteiger partial charge in [0.25, 0.3) is 0 Å². The number of methoxy groups -OCH3 is 1. The number of carboxylic acids is 1. The standard InChI is InChI=1S/C13H17NO5/c1-9(12(15)16)13(17)19-8-7-14-10-5-3-4-6-11(10)18-2/h3-6,9,14H,7-8H2,1-2H3,(H,15,16). The van der Waals surface area contributed by atoms with Gasteiger partial charge in [-0.15, -0.1) is 0 Å². The number of ether oxygens (including phenoxy) is 2. The number of hydrogen-bond acceptors (Lipinski definition) is 5. The summed E-state index contributed by atoms with van der Waals surface area (Å²) in [6.07, 6.45) is 0. The van der Waals surface area contributed by atoms with Crippen molar-refractivity contribution in [2.75, 3.05) is 25.6 Å². The number of carbonyl (C=O) groups is 2. The zero-order valence-corrected chi connectivity index (χ0v) is 10.9. The minimum Gasteiger partial charge on any atom is -0.495 e. The molecule has 0 spiro atoms. The van der Waals surface area contributed by atoms with Crippen molar-refractivity contribution < 1.29 is 24.2 Å². The molecule has 104 valence electrons. The number of nitrogens with one attached hydrogen (secondary N) is 1. The SMILES string of the molecule is COc1ccccc1NCCOC(=O)C(C)C(=O)O. The summed E-state index contributed by atoms with van der Waals surface area (Å²) >= 11 is 0. The van der Waals surface area contributed by atoms with Crippen LogP contribution in [0.4, 0.5) is 5.69 Å². The van der Waals surface area contributed by atoms with Crippen molar-refractivity contribution in [2.45, 2.75) is 6.92 Å². The Balaban J connectivity index is 2.35. The third kappa shape index (κ3) is 4.50. The van der Waals surface area contributed by atoms with E-state index in [1.807, 2.05) is 18.2 Å². The maximum absolute atomic E-state index is 11.3. The highest BCUT2D eigenvalue weighted by Crippen LogP contribution is 2.22. The first kappa shape index (κ1) is 14.8. The largest absolute Gasteiger partial charge is 0.495 e. The molecule has 0 saturated heterocycles. The molecule has 0 saturated carbocycles. The van der Waals surface area contributed by atoms with Crippen LogP contribution in [0.5, 0.6) is 5.75 Å². The summed E-state index contributed by atoms with van der Waals surface area (Å²) in [6, 6.07) is 7.34. The lowest BCUT2D eigenvalue weighted by Gasteiger charge is -2.11. The fourth-order valence-electron chi connectivity index (χ4n) is 1.35. The summed E-state index contributed by atoms with van der Waals surface area (Å²) in [5, 5.41) is 11.7. The quantitative estimate of drug-likeness (QED) is 0.441. The molecule has 1 aromatic rings. The Hall–Kier alpha value is -2.24. The van der Waals surface area contributed by atoms with Gasteiger partial charge in [0.05, 0.1) is 12.8 Å². The lowest BCUT2D eigenvalue weighted by Crippen LogP contribution is -2.24. The van der Waals surface area contributed by atoms with Gasteiger partial charge < -0.3 is 19.9 Å². The molecule has 0 amide bonds. The first-order valence-corrected chi connectivity index (χ1v) is 5.82. The van der Waals surface area contributed by atoms with Crippen molar-refractivity contribution in [1.82, 2.24) is 0 Å². The lowest BCUT2D eigenvalue weighted by molar-refractivity contribution is -0.157. The molecule has 1 unspecified atom stereocenters. The van der Waals surface area contributed by atoms with Gasteiger partial charge in [-0.3, -0.25) is 9.59 Å². The lowest BCUT2D eigenvalue weighted by atomic mass is 10.2. The molecule has 0 aliphatic carbocycles. The van der Waals surface area contributed by atoms with Crippen LogP contribution in [0.25, 0.3) is 0 Å². The minimum atomic E-state index is -1.19. The predicted molar refractivity (Wildman–Crippen MR) is 69.2 cm³/mol. The fourth-order valence-corrected chi connectivity index (χ4v) is 1.35. The van der Waals surface area contributed by atoms with Gasteiger partial charge in [0.2, 0.25) is 0 Å². The Bertz CT molecular complexity index is 446. The van der Waals surface area contributed by atoms with Crippen molar-refractivity contribution in [1.29, 1.82) is 0 Å². The highest BCUT2D eigenvalue weighted by Gasteiger charge is 2.21. The summed E-state index contributed by atoms with van der Waals surface area (Å²) in [5.74, 6) is -2.39. The summed E-state index contributed by atoms with van der Waals surface area (Å²) in [4.78, 5) is 21.8. The highest BCUT2D eigenvalue weighted by molar-refractivity contribution is 5.93. The second kappa shape index (κ2) is 7.25. The topological polar surface area (TPSA) is 84.9 Å². The monoisotopic (exact) mass is 267 g/mol. The third-order valence-electron chi connectivity index (χ3n) is 2.49. The maximum Gasteiger partial charge on any atom is 0.320 e. The minimum absolute atomic E-state index is 0.0918. The Morgan fingerprint density at radius 3 is 2.68 bits per heavy atom. The van der Waals surface area contributed by atoms with Crippen LogP contribution < -0.4 is 10.1 Å². The molecule has 1 rings (SSSR count). The van der Waals surface area contributed by atoms with Crippen molar-refractivity contribution in [2.24, 2.45) is 5.92 Å². The number of hydrogen-bond donors (Lipinski definition) is 2. The number of rotatable bonds is 7. The Labute approximate surface area is 111 Å². The second-order valence-corrected chi connectivity index (χ2v) is 3.85. The first-order valence-electron chi connectivity index (χ1n) is 5.82. The van der Waals surface area contributed by atoms with Crippen molar-refractivity contribution in [3.63, 3.8) is 0 Å². The van der Waals surface area contributed by atoms with Crippen LogP contribution in [-0.4, -0.2) is 37.3 Å². The summed E-state index contributed by atoms with van der Waals surface area (Å²) in [7, 11) is 1.56. The number of carboxylic acid groups (broad SMARTS) is 1. The average Bonchev–Trinajstić information content (AvgIpc) is 2.42. The van der Waals surface area contributed by atoms with Crippen LogP contribution in [0, 0.1) is 5.92 Å². The molecule has 0 aromatic heterocycles. The zero-order valence-electron chi connectivity index (χ0n) is 10.9. The average molecular weight is 267 g/mol. The third-order valence-corrected chi connectivity index (χ3v) is 2.49. The zero-order chi connectivity index (χ0) is 14.3.